The van der Waals surface area contributed by atoms with E-state index in [1.165, 1.54) is 38.7 Å². The molecule has 170 valence electrons. The first-order valence-corrected chi connectivity index (χ1v) is 14.4. The van der Waals surface area contributed by atoms with Crippen LogP contribution in [0.2, 0.25) is 0 Å². The van der Waals surface area contributed by atoms with Gasteiger partial charge in [-0.05, 0) is 62.5 Å². The molecular weight excluding hydrogens is 462 g/mol. The van der Waals surface area contributed by atoms with E-state index >= 15 is 0 Å². The molecule has 0 spiro atoms. The van der Waals surface area contributed by atoms with E-state index in [1.807, 2.05) is 18.4 Å². The molecule has 32 heavy (non-hydrogen) atoms. The number of anilines is 1. The molecule has 9 heteroatoms. The fourth-order valence-electron chi connectivity index (χ4n) is 4.49. The Balaban J connectivity index is 1.43. The van der Waals surface area contributed by atoms with Gasteiger partial charge in [0.1, 0.15) is 11.1 Å². The summed E-state index contributed by atoms with van der Waals surface area (Å²) in [4.78, 5) is 15.2. The van der Waals surface area contributed by atoms with E-state index in [1.54, 1.807) is 12.1 Å². The monoisotopic (exact) mass is 489 g/mol. The van der Waals surface area contributed by atoms with Crippen LogP contribution in [0.25, 0.3) is 0 Å². The van der Waals surface area contributed by atoms with Gasteiger partial charge in [0.15, 0.2) is 0 Å². The number of nitriles is 1. The van der Waals surface area contributed by atoms with Crippen LogP contribution in [-0.2, 0) is 27.7 Å². The van der Waals surface area contributed by atoms with Crippen LogP contribution in [0.5, 0.6) is 0 Å². The smallest absolute Gasteiger partial charge is 0.244 e. The fraction of sp³-hybridized carbons (Fsp3) is 0.478. The molecule has 0 atom stereocenters. The highest BCUT2D eigenvalue weighted by Crippen LogP contribution is 2.38. The predicted molar refractivity (Wildman–Crippen MR) is 129 cm³/mol. The van der Waals surface area contributed by atoms with E-state index in [0.29, 0.717) is 41.4 Å². The summed E-state index contributed by atoms with van der Waals surface area (Å²) < 4.78 is 27.8. The number of nitrogens with one attached hydrogen (secondary N) is 1. The number of thioether (sulfide) groups is 1. The SMILES string of the molecule is CSc1ccccc1S(=O)(=O)N1CCC(C(=O)Nc2sc3c(c2C#N)CCCCC3)CC1. The van der Waals surface area contributed by atoms with Crippen molar-refractivity contribution in [2.24, 2.45) is 5.92 Å². The number of carbonyl (C=O) groups is 1. The van der Waals surface area contributed by atoms with Gasteiger partial charge in [-0.1, -0.05) is 18.6 Å². The number of amides is 1. The van der Waals surface area contributed by atoms with E-state index in [9.17, 15) is 18.5 Å². The predicted octanol–water partition coefficient (Wildman–Crippen LogP) is 4.65. The Morgan fingerprint density at radius 3 is 2.62 bits per heavy atom. The van der Waals surface area contributed by atoms with Gasteiger partial charge in [0, 0.05) is 28.8 Å². The molecule has 1 aliphatic carbocycles. The average Bonchev–Trinajstić information content (AvgIpc) is 2.97. The minimum absolute atomic E-state index is 0.112. The molecule has 0 saturated carbocycles. The van der Waals surface area contributed by atoms with Crippen molar-refractivity contribution >= 4 is 44.0 Å². The number of thiophene rings is 1. The Kier molecular flexibility index (Phi) is 7.25. The van der Waals surface area contributed by atoms with Gasteiger partial charge in [0.2, 0.25) is 15.9 Å². The summed E-state index contributed by atoms with van der Waals surface area (Å²) in [6.45, 7) is 0.629. The van der Waals surface area contributed by atoms with Crippen molar-refractivity contribution in [3.8, 4) is 6.07 Å². The molecule has 1 aromatic heterocycles. The Hall–Kier alpha value is -1.86. The normalized spacial score (nSPS) is 17.9. The van der Waals surface area contributed by atoms with Gasteiger partial charge in [-0.2, -0.15) is 9.57 Å². The third-order valence-electron chi connectivity index (χ3n) is 6.28. The number of benzene rings is 1. The molecular formula is C23H27N3O3S3. The lowest BCUT2D eigenvalue weighted by Crippen LogP contribution is -2.41. The van der Waals surface area contributed by atoms with Gasteiger partial charge in [-0.15, -0.1) is 23.1 Å². The molecule has 1 aromatic carbocycles. The first-order valence-electron chi connectivity index (χ1n) is 10.9. The number of fused-ring (bicyclic) bond motifs is 1. The largest absolute Gasteiger partial charge is 0.316 e. The molecule has 0 bridgehead atoms. The molecule has 1 aliphatic heterocycles. The number of aryl methyl sites for hydroxylation is 1. The average molecular weight is 490 g/mol. The van der Waals surface area contributed by atoms with Crippen molar-refractivity contribution < 1.29 is 13.2 Å². The highest BCUT2D eigenvalue weighted by Gasteiger charge is 2.33. The standard InChI is InChI=1S/C23H27N3O3S3/c1-30-20-9-5-6-10-21(20)32(28,29)26-13-11-16(12-14-26)22(27)25-23-18(15-24)17-7-3-2-4-8-19(17)31-23/h5-6,9-10,16H,2-4,7-8,11-14H2,1H3,(H,25,27). The van der Waals surface area contributed by atoms with Gasteiger partial charge < -0.3 is 5.32 Å². The summed E-state index contributed by atoms with van der Waals surface area (Å²) >= 11 is 2.95. The summed E-state index contributed by atoms with van der Waals surface area (Å²) in [5, 5.41) is 13.3. The van der Waals surface area contributed by atoms with Crippen molar-refractivity contribution in [3.63, 3.8) is 0 Å². The van der Waals surface area contributed by atoms with Crippen molar-refractivity contribution in [2.75, 3.05) is 24.7 Å². The molecule has 6 nitrogen and oxygen atoms in total. The van der Waals surface area contributed by atoms with Crippen LogP contribution in [0.4, 0.5) is 5.00 Å². The topological polar surface area (TPSA) is 90.3 Å². The second kappa shape index (κ2) is 9.96. The molecule has 2 heterocycles. The fourth-order valence-corrected chi connectivity index (χ4v) is 8.33. The molecule has 4 rings (SSSR count). The summed E-state index contributed by atoms with van der Waals surface area (Å²) in [6.07, 6.45) is 8.06. The van der Waals surface area contributed by atoms with E-state index in [4.69, 9.17) is 0 Å². The van der Waals surface area contributed by atoms with Gasteiger partial charge in [-0.3, -0.25) is 4.79 Å². The Bertz CT molecular complexity index is 1140. The van der Waals surface area contributed by atoms with E-state index in [-0.39, 0.29) is 11.8 Å². The molecule has 1 fully saturated rings. The van der Waals surface area contributed by atoms with E-state index in [0.717, 1.165) is 36.1 Å². The number of sulfonamides is 1. The second-order valence-corrected chi connectivity index (χ2v) is 12.1. The van der Waals surface area contributed by atoms with Gasteiger partial charge >= 0.3 is 0 Å². The maximum Gasteiger partial charge on any atom is 0.244 e. The van der Waals surface area contributed by atoms with E-state index < -0.39 is 10.0 Å². The Morgan fingerprint density at radius 1 is 1.19 bits per heavy atom. The van der Waals surface area contributed by atoms with Crippen LogP contribution in [0.3, 0.4) is 0 Å². The summed E-state index contributed by atoms with van der Waals surface area (Å²) in [7, 11) is -3.59. The first-order chi connectivity index (χ1) is 15.5. The zero-order valence-electron chi connectivity index (χ0n) is 18.1. The zero-order valence-corrected chi connectivity index (χ0v) is 20.5. The summed E-state index contributed by atoms with van der Waals surface area (Å²) in [6, 6.07) is 9.33. The molecule has 1 N–H and O–H groups in total. The lowest BCUT2D eigenvalue weighted by Gasteiger charge is -2.30. The van der Waals surface area contributed by atoms with Crippen LogP contribution in [0.15, 0.2) is 34.1 Å². The lowest BCUT2D eigenvalue weighted by atomic mass is 9.97. The van der Waals surface area contributed by atoms with E-state index in [2.05, 4.69) is 11.4 Å². The number of nitrogens with zero attached hydrogens (tertiary/aromatic N) is 2. The number of rotatable bonds is 5. The zero-order chi connectivity index (χ0) is 22.7. The molecule has 2 aliphatic rings. The number of piperidine rings is 1. The third kappa shape index (κ3) is 4.60. The first kappa shape index (κ1) is 23.3. The summed E-state index contributed by atoms with van der Waals surface area (Å²) in [5.41, 5.74) is 1.73. The van der Waals surface area contributed by atoms with Crippen LogP contribution >= 0.6 is 23.1 Å². The molecule has 0 radical (unpaired) electrons. The van der Waals surface area contributed by atoms with Crippen LogP contribution in [0.1, 0.15) is 48.1 Å². The van der Waals surface area contributed by atoms with Crippen LogP contribution < -0.4 is 5.32 Å². The number of hydrogen-bond donors (Lipinski definition) is 1. The molecule has 2 aromatic rings. The molecule has 1 saturated heterocycles. The minimum atomic E-state index is -3.59. The number of hydrogen-bond acceptors (Lipinski definition) is 6. The molecule has 1 amide bonds. The molecule has 0 unspecified atom stereocenters. The highest BCUT2D eigenvalue weighted by molar-refractivity contribution is 7.99. The highest BCUT2D eigenvalue weighted by atomic mass is 32.2. The Labute approximate surface area is 198 Å². The van der Waals surface area contributed by atoms with Crippen molar-refractivity contribution in [3.05, 3.63) is 40.3 Å². The van der Waals surface area contributed by atoms with Gasteiger partial charge in [-0.25, -0.2) is 8.42 Å². The van der Waals surface area contributed by atoms with Crippen LogP contribution in [0, 0.1) is 17.2 Å². The van der Waals surface area contributed by atoms with Gasteiger partial charge in [0.25, 0.3) is 0 Å². The maximum atomic E-state index is 13.1. The third-order valence-corrected chi connectivity index (χ3v) is 10.4. The summed E-state index contributed by atoms with van der Waals surface area (Å²) in [5.74, 6) is -0.370. The van der Waals surface area contributed by atoms with Crippen molar-refractivity contribution in [1.82, 2.24) is 4.31 Å². The van der Waals surface area contributed by atoms with Crippen molar-refractivity contribution in [2.45, 2.75) is 54.7 Å². The van der Waals surface area contributed by atoms with Crippen molar-refractivity contribution in [1.29, 1.82) is 5.26 Å². The lowest BCUT2D eigenvalue weighted by molar-refractivity contribution is -0.120. The minimum Gasteiger partial charge on any atom is -0.316 e. The van der Waals surface area contributed by atoms with Gasteiger partial charge in [0.05, 0.1) is 10.5 Å². The van der Waals surface area contributed by atoms with Crippen LogP contribution in [-0.4, -0.2) is 38.0 Å². The second-order valence-electron chi connectivity index (χ2n) is 8.20. The number of carbonyl (C=O) groups excluding carboxylic acids is 1. The quantitative estimate of drug-likeness (QED) is 0.488. The Morgan fingerprint density at radius 2 is 1.91 bits per heavy atom. The maximum absolute atomic E-state index is 13.1.